The number of carboxylic acid groups (broad SMARTS) is 1. The van der Waals surface area contributed by atoms with Gasteiger partial charge in [-0.1, -0.05) is 12.1 Å². The van der Waals surface area contributed by atoms with E-state index in [1.807, 2.05) is 5.32 Å². The maximum absolute atomic E-state index is 12.6. The van der Waals surface area contributed by atoms with Crippen molar-refractivity contribution in [1.82, 2.24) is 5.32 Å². The molecular weight excluding hydrogens is 189 g/mol. The average molecular weight is 197 g/mol. The van der Waals surface area contributed by atoms with Crippen LogP contribution in [0.1, 0.15) is 10.4 Å². The van der Waals surface area contributed by atoms with E-state index in [1.165, 1.54) is 18.2 Å². The van der Waals surface area contributed by atoms with Gasteiger partial charge in [0.2, 0.25) is 0 Å². The molecule has 0 aliphatic rings. The summed E-state index contributed by atoms with van der Waals surface area (Å²) in [5, 5.41) is 10.1. The Labute approximate surface area is 79.4 Å². The summed E-state index contributed by atoms with van der Waals surface area (Å²) < 4.78 is 12.6. The molecule has 0 aliphatic carbocycles. The molecule has 14 heavy (non-hydrogen) atoms. The van der Waals surface area contributed by atoms with Gasteiger partial charge in [0.25, 0.3) is 0 Å². The van der Waals surface area contributed by atoms with E-state index in [0.717, 1.165) is 6.07 Å². The number of ketones is 1. The summed E-state index contributed by atoms with van der Waals surface area (Å²) in [6.45, 7) is -0.348. The van der Waals surface area contributed by atoms with Crippen LogP contribution in [0, 0.1) is 5.82 Å². The highest BCUT2D eigenvalue weighted by atomic mass is 19.1. The maximum atomic E-state index is 12.6. The van der Waals surface area contributed by atoms with Gasteiger partial charge in [-0.3, -0.25) is 4.79 Å². The van der Waals surface area contributed by atoms with Crippen LogP contribution >= 0.6 is 0 Å². The molecule has 0 heterocycles. The molecule has 0 saturated carbocycles. The lowest BCUT2D eigenvalue weighted by Gasteiger charge is -2.00. The average Bonchev–Trinajstić information content (AvgIpc) is 2.14. The molecule has 1 aromatic carbocycles. The molecule has 4 nitrogen and oxygen atoms in total. The fraction of sp³-hybridized carbons (Fsp3) is 0.111. The molecule has 1 rings (SSSR count). The highest BCUT2D eigenvalue weighted by Gasteiger charge is 2.07. The Morgan fingerprint density at radius 3 is 2.71 bits per heavy atom. The smallest absolute Gasteiger partial charge is 0.405 e. The van der Waals surface area contributed by atoms with E-state index < -0.39 is 17.7 Å². The van der Waals surface area contributed by atoms with Gasteiger partial charge < -0.3 is 10.4 Å². The summed E-state index contributed by atoms with van der Waals surface area (Å²) in [4.78, 5) is 21.3. The van der Waals surface area contributed by atoms with Crippen molar-refractivity contribution < 1.29 is 19.1 Å². The minimum atomic E-state index is -1.28. The van der Waals surface area contributed by atoms with Gasteiger partial charge in [-0.2, -0.15) is 0 Å². The Kier molecular flexibility index (Phi) is 3.17. The van der Waals surface area contributed by atoms with Crippen molar-refractivity contribution in [3.8, 4) is 0 Å². The fourth-order valence-corrected chi connectivity index (χ4v) is 0.920. The summed E-state index contributed by atoms with van der Waals surface area (Å²) in [5.74, 6) is -0.988. The van der Waals surface area contributed by atoms with Crippen molar-refractivity contribution in [2.75, 3.05) is 6.54 Å². The van der Waals surface area contributed by atoms with Crippen LogP contribution in [-0.4, -0.2) is 23.5 Å². The first-order chi connectivity index (χ1) is 6.59. The van der Waals surface area contributed by atoms with Gasteiger partial charge >= 0.3 is 6.09 Å². The van der Waals surface area contributed by atoms with Crippen LogP contribution in [0.15, 0.2) is 24.3 Å². The second kappa shape index (κ2) is 4.36. The Morgan fingerprint density at radius 1 is 1.43 bits per heavy atom. The number of rotatable bonds is 3. The molecule has 1 aromatic rings. The lowest BCUT2D eigenvalue weighted by atomic mass is 10.1. The first-order valence-corrected chi connectivity index (χ1v) is 3.85. The SMILES string of the molecule is O=C(O)NCC(=O)c1cccc(F)c1. The zero-order valence-electron chi connectivity index (χ0n) is 7.16. The summed E-state index contributed by atoms with van der Waals surface area (Å²) >= 11 is 0. The van der Waals surface area contributed by atoms with Crippen LogP contribution in [-0.2, 0) is 0 Å². The Balaban J connectivity index is 2.65. The van der Waals surface area contributed by atoms with Crippen LogP contribution in [0.25, 0.3) is 0 Å². The van der Waals surface area contributed by atoms with Gasteiger partial charge in [0.15, 0.2) is 5.78 Å². The van der Waals surface area contributed by atoms with Crippen molar-refractivity contribution in [3.63, 3.8) is 0 Å². The molecule has 0 aromatic heterocycles. The van der Waals surface area contributed by atoms with E-state index >= 15 is 0 Å². The van der Waals surface area contributed by atoms with E-state index in [9.17, 15) is 14.0 Å². The lowest BCUT2D eigenvalue weighted by Crippen LogP contribution is -2.27. The molecule has 0 aliphatic heterocycles. The molecular formula is C9H8FNO3. The molecule has 0 bridgehead atoms. The van der Waals surface area contributed by atoms with Gasteiger partial charge in [-0.05, 0) is 12.1 Å². The predicted octanol–water partition coefficient (Wildman–Crippen LogP) is 1.28. The number of benzene rings is 1. The van der Waals surface area contributed by atoms with Crippen molar-refractivity contribution in [3.05, 3.63) is 35.6 Å². The van der Waals surface area contributed by atoms with Gasteiger partial charge in [-0.15, -0.1) is 0 Å². The number of carbonyl (C=O) groups excluding carboxylic acids is 1. The largest absolute Gasteiger partial charge is 0.465 e. The number of amides is 1. The molecule has 0 radical (unpaired) electrons. The third kappa shape index (κ3) is 2.85. The summed E-state index contributed by atoms with van der Waals surface area (Å²) in [7, 11) is 0. The Morgan fingerprint density at radius 2 is 2.14 bits per heavy atom. The van der Waals surface area contributed by atoms with Crippen molar-refractivity contribution >= 4 is 11.9 Å². The minimum absolute atomic E-state index is 0.152. The van der Waals surface area contributed by atoms with Gasteiger partial charge in [-0.25, -0.2) is 9.18 Å². The highest BCUT2D eigenvalue weighted by Crippen LogP contribution is 2.03. The van der Waals surface area contributed by atoms with Crippen LogP contribution in [0.3, 0.4) is 0 Å². The van der Waals surface area contributed by atoms with E-state index in [-0.39, 0.29) is 12.1 Å². The standard InChI is InChI=1S/C9H8FNO3/c10-7-3-1-2-6(4-7)8(12)5-11-9(13)14/h1-4,11H,5H2,(H,13,14). The second-order valence-corrected chi connectivity index (χ2v) is 2.59. The molecule has 0 spiro atoms. The van der Waals surface area contributed by atoms with E-state index in [2.05, 4.69) is 0 Å². The maximum Gasteiger partial charge on any atom is 0.405 e. The topological polar surface area (TPSA) is 66.4 Å². The molecule has 1 amide bonds. The van der Waals surface area contributed by atoms with Gasteiger partial charge in [0, 0.05) is 5.56 Å². The van der Waals surface area contributed by atoms with Crippen LogP contribution in [0.5, 0.6) is 0 Å². The number of Topliss-reactive ketones (excluding diaryl/α,β-unsaturated/α-hetero) is 1. The zero-order valence-corrected chi connectivity index (χ0v) is 7.16. The summed E-state index contributed by atoms with van der Waals surface area (Å²) in [6, 6.07) is 5.09. The Hall–Kier alpha value is -1.91. The first kappa shape index (κ1) is 10.2. The minimum Gasteiger partial charge on any atom is -0.465 e. The number of carbonyl (C=O) groups is 2. The van der Waals surface area contributed by atoms with Gasteiger partial charge in [0.1, 0.15) is 5.82 Å². The second-order valence-electron chi connectivity index (χ2n) is 2.59. The number of hydrogen-bond acceptors (Lipinski definition) is 2. The highest BCUT2D eigenvalue weighted by molar-refractivity contribution is 5.98. The van der Waals surface area contributed by atoms with Crippen LogP contribution in [0.2, 0.25) is 0 Å². The monoisotopic (exact) mass is 197 g/mol. The molecule has 0 atom stereocenters. The van der Waals surface area contributed by atoms with Crippen LogP contribution in [0.4, 0.5) is 9.18 Å². The molecule has 5 heteroatoms. The van der Waals surface area contributed by atoms with Crippen molar-refractivity contribution in [1.29, 1.82) is 0 Å². The first-order valence-electron chi connectivity index (χ1n) is 3.85. The number of hydrogen-bond donors (Lipinski definition) is 2. The fourth-order valence-electron chi connectivity index (χ4n) is 0.920. The predicted molar refractivity (Wildman–Crippen MR) is 46.8 cm³/mol. The van der Waals surface area contributed by atoms with Gasteiger partial charge in [0.05, 0.1) is 6.54 Å². The summed E-state index contributed by atoms with van der Waals surface area (Å²) in [5.41, 5.74) is 0.152. The lowest BCUT2D eigenvalue weighted by molar-refractivity contribution is 0.0986. The van der Waals surface area contributed by atoms with E-state index in [0.29, 0.717) is 0 Å². The number of halogens is 1. The normalized spacial score (nSPS) is 9.50. The van der Waals surface area contributed by atoms with E-state index in [4.69, 9.17) is 5.11 Å². The van der Waals surface area contributed by atoms with Crippen LogP contribution < -0.4 is 5.32 Å². The van der Waals surface area contributed by atoms with Crippen molar-refractivity contribution in [2.45, 2.75) is 0 Å². The molecule has 0 fully saturated rings. The van der Waals surface area contributed by atoms with Crippen molar-refractivity contribution in [2.24, 2.45) is 0 Å². The third-order valence-electron chi connectivity index (χ3n) is 1.55. The molecule has 0 saturated heterocycles. The quantitative estimate of drug-likeness (QED) is 0.717. The molecule has 74 valence electrons. The summed E-state index contributed by atoms with van der Waals surface area (Å²) in [6.07, 6.45) is -1.28. The third-order valence-corrected chi connectivity index (χ3v) is 1.55. The number of nitrogens with one attached hydrogen (secondary N) is 1. The Bertz CT molecular complexity index is 365. The van der Waals surface area contributed by atoms with E-state index in [1.54, 1.807) is 0 Å². The molecule has 2 N–H and O–H groups in total. The molecule has 0 unspecified atom stereocenters. The zero-order chi connectivity index (χ0) is 10.6.